The lowest BCUT2D eigenvalue weighted by Crippen LogP contribution is -2.32. The van der Waals surface area contributed by atoms with Crippen LogP contribution < -0.4 is 14.8 Å². The van der Waals surface area contributed by atoms with Gasteiger partial charge in [0.25, 0.3) is 0 Å². The molecule has 0 spiro atoms. The number of carbonyl (C=O) groups is 2. The molecule has 1 atom stereocenters. The molecule has 41 heavy (non-hydrogen) atoms. The van der Waals surface area contributed by atoms with E-state index < -0.39 is 5.97 Å². The van der Waals surface area contributed by atoms with Crippen LogP contribution in [-0.2, 0) is 16.1 Å². The quantitative estimate of drug-likeness (QED) is 0.219. The fraction of sp³-hybridized carbons (Fsp3) is 0.273. The zero-order chi connectivity index (χ0) is 29.3. The summed E-state index contributed by atoms with van der Waals surface area (Å²) in [5.41, 5.74) is 5.73. The van der Waals surface area contributed by atoms with Crippen LogP contribution >= 0.6 is 23.4 Å². The fourth-order valence-corrected chi connectivity index (χ4v) is 6.50. The summed E-state index contributed by atoms with van der Waals surface area (Å²) in [6.45, 7) is 8.42. The Balaban J connectivity index is 1.50. The van der Waals surface area contributed by atoms with Gasteiger partial charge in [0.15, 0.2) is 0 Å². The maximum Gasteiger partial charge on any atom is 0.343 e. The van der Waals surface area contributed by atoms with E-state index >= 15 is 0 Å². The van der Waals surface area contributed by atoms with Gasteiger partial charge in [-0.2, -0.15) is 0 Å². The Morgan fingerprint density at radius 2 is 1.85 bits per heavy atom. The van der Waals surface area contributed by atoms with Gasteiger partial charge < -0.3 is 19.5 Å². The first-order valence-corrected chi connectivity index (χ1v) is 14.6. The molecule has 2 heterocycles. The molecule has 0 amide bonds. The number of methoxy groups -OCH3 is 1. The molecular formula is C33H32ClNO5S. The highest BCUT2D eigenvalue weighted by molar-refractivity contribution is 8.04. The van der Waals surface area contributed by atoms with Crippen LogP contribution in [0.5, 0.6) is 11.5 Å². The number of anilines is 1. The van der Waals surface area contributed by atoms with Crippen LogP contribution in [0.15, 0.2) is 71.7 Å². The molecule has 0 saturated carbocycles. The second-order valence-corrected chi connectivity index (χ2v) is 12.6. The molecule has 0 aromatic heterocycles. The summed E-state index contributed by atoms with van der Waals surface area (Å²) in [4.78, 5) is 26.8. The SMILES string of the molecule is COc1cc(OC(=O)c2cccc(Cl)c2)ccc1-c1ccc2c(c1COC(=O)C1CC=C(C)S1)C(C)=CC(C)(C)N2. The molecule has 3 aromatic rings. The Hall–Kier alpha value is -3.68. The molecular weight excluding hydrogens is 558 g/mol. The van der Waals surface area contributed by atoms with Gasteiger partial charge in [0, 0.05) is 33.5 Å². The lowest BCUT2D eigenvalue weighted by Gasteiger charge is -2.33. The third-order valence-corrected chi connectivity index (χ3v) is 8.49. The molecule has 1 unspecified atom stereocenters. The molecule has 0 radical (unpaired) electrons. The standard InChI is InChI=1S/C33H32ClNO5S/c1-19-17-33(3,4)35-27-13-12-24(26(30(19)27)18-39-32(37)29-14-9-20(2)41-29)25-11-10-23(16-28(25)38-5)40-31(36)21-7-6-8-22(34)15-21/h6-13,15-17,29,35H,14,18H2,1-5H3. The van der Waals surface area contributed by atoms with Crippen LogP contribution in [0.25, 0.3) is 16.7 Å². The highest BCUT2D eigenvalue weighted by Gasteiger charge is 2.29. The second kappa shape index (κ2) is 11.7. The Morgan fingerprint density at radius 1 is 1.07 bits per heavy atom. The topological polar surface area (TPSA) is 73.9 Å². The third kappa shape index (κ3) is 6.31. The van der Waals surface area contributed by atoms with Gasteiger partial charge in [-0.1, -0.05) is 35.9 Å². The number of halogens is 1. The number of allylic oxidation sites excluding steroid dienone is 3. The van der Waals surface area contributed by atoms with E-state index in [4.69, 9.17) is 25.8 Å². The molecule has 6 nitrogen and oxygen atoms in total. The van der Waals surface area contributed by atoms with Crippen LogP contribution in [0.1, 0.15) is 55.6 Å². The summed E-state index contributed by atoms with van der Waals surface area (Å²) in [5.74, 6) is 0.105. The normalized spacial score (nSPS) is 17.1. The minimum Gasteiger partial charge on any atom is -0.496 e. The molecule has 0 fully saturated rings. The fourth-order valence-electron chi connectivity index (χ4n) is 5.31. The number of rotatable bonds is 7. The number of carbonyl (C=O) groups excluding carboxylic acids is 2. The van der Waals surface area contributed by atoms with Gasteiger partial charge in [-0.05, 0) is 86.6 Å². The van der Waals surface area contributed by atoms with Crippen LogP contribution in [-0.4, -0.2) is 29.8 Å². The number of hydrogen-bond donors (Lipinski definition) is 1. The molecule has 2 aliphatic heterocycles. The second-order valence-electron chi connectivity index (χ2n) is 10.7. The van der Waals surface area contributed by atoms with E-state index in [9.17, 15) is 9.59 Å². The van der Waals surface area contributed by atoms with Crippen molar-refractivity contribution < 1.29 is 23.8 Å². The van der Waals surface area contributed by atoms with Crippen molar-refractivity contribution in [3.05, 3.63) is 93.4 Å². The third-order valence-electron chi connectivity index (χ3n) is 7.04. The number of hydrogen-bond acceptors (Lipinski definition) is 7. The zero-order valence-electron chi connectivity index (χ0n) is 23.7. The van der Waals surface area contributed by atoms with Crippen molar-refractivity contribution in [2.45, 2.75) is 51.5 Å². The Bertz CT molecular complexity index is 1590. The number of ether oxygens (including phenoxy) is 3. The van der Waals surface area contributed by atoms with Crippen molar-refractivity contribution in [2.24, 2.45) is 0 Å². The Kier molecular flexibility index (Phi) is 8.20. The van der Waals surface area contributed by atoms with Gasteiger partial charge in [-0.15, -0.1) is 11.8 Å². The first kappa shape index (κ1) is 28.8. The number of esters is 2. The zero-order valence-corrected chi connectivity index (χ0v) is 25.2. The van der Waals surface area contributed by atoms with E-state index in [1.54, 1.807) is 55.3 Å². The van der Waals surface area contributed by atoms with Crippen molar-refractivity contribution in [3.63, 3.8) is 0 Å². The number of benzene rings is 3. The summed E-state index contributed by atoms with van der Waals surface area (Å²) in [7, 11) is 1.57. The molecule has 0 aliphatic carbocycles. The Morgan fingerprint density at radius 3 is 2.56 bits per heavy atom. The number of thioether (sulfide) groups is 1. The van der Waals surface area contributed by atoms with E-state index in [1.165, 1.54) is 0 Å². The highest BCUT2D eigenvalue weighted by atomic mass is 35.5. The maximum atomic E-state index is 13.0. The lowest BCUT2D eigenvalue weighted by molar-refractivity contribution is -0.144. The van der Waals surface area contributed by atoms with Crippen LogP contribution in [0.4, 0.5) is 5.69 Å². The van der Waals surface area contributed by atoms with E-state index in [-0.39, 0.29) is 23.4 Å². The van der Waals surface area contributed by atoms with Crippen molar-refractivity contribution in [1.29, 1.82) is 0 Å². The number of fused-ring (bicyclic) bond motifs is 1. The van der Waals surface area contributed by atoms with E-state index in [0.717, 1.165) is 38.4 Å². The van der Waals surface area contributed by atoms with E-state index in [2.05, 4.69) is 38.2 Å². The predicted molar refractivity (Wildman–Crippen MR) is 166 cm³/mol. The maximum absolute atomic E-state index is 13.0. The molecule has 212 valence electrons. The van der Waals surface area contributed by atoms with Gasteiger partial charge in [-0.25, -0.2) is 4.79 Å². The molecule has 1 N–H and O–H groups in total. The summed E-state index contributed by atoms with van der Waals surface area (Å²) in [5, 5.41) is 3.81. The minimum absolute atomic E-state index is 0.107. The van der Waals surface area contributed by atoms with E-state index in [1.807, 2.05) is 25.1 Å². The summed E-state index contributed by atoms with van der Waals surface area (Å²) in [6, 6.07) is 15.9. The van der Waals surface area contributed by atoms with Crippen LogP contribution in [0, 0.1) is 0 Å². The van der Waals surface area contributed by atoms with Crippen molar-refractivity contribution in [1.82, 2.24) is 0 Å². The van der Waals surface area contributed by atoms with Crippen LogP contribution in [0.3, 0.4) is 0 Å². The smallest absolute Gasteiger partial charge is 0.343 e. The summed E-state index contributed by atoms with van der Waals surface area (Å²) < 4.78 is 17.3. The van der Waals surface area contributed by atoms with Crippen molar-refractivity contribution >= 4 is 46.6 Å². The average molecular weight is 590 g/mol. The van der Waals surface area contributed by atoms with Gasteiger partial charge >= 0.3 is 11.9 Å². The summed E-state index contributed by atoms with van der Waals surface area (Å²) in [6.07, 6.45) is 4.92. The van der Waals surface area contributed by atoms with E-state index in [0.29, 0.717) is 28.5 Å². The van der Waals surface area contributed by atoms with Crippen LogP contribution in [0.2, 0.25) is 5.02 Å². The van der Waals surface area contributed by atoms with Gasteiger partial charge in [-0.3, -0.25) is 4.79 Å². The van der Waals surface area contributed by atoms with Crippen molar-refractivity contribution in [2.75, 3.05) is 12.4 Å². The van der Waals surface area contributed by atoms with Crippen molar-refractivity contribution in [3.8, 4) is 22.6 Å². The monoisotopic (exact) mass is 589 g/mol. The number of nitrogens with one attached hydrogen (secondary N) is 1. The van der Waals surface area contributed by atoms with Gasteiger partial charge in [0.05, 0.1) is 18.2 Å². The van der Waals surface area contributed by atoms with Gasteiger partial charge in [0.2, 0.25) is 0 Å². The first-order chi connectivity index (χ1) is 19.5. The largest absolute Gasteiger partial charge is 0.496 e. The lowest BCUT2D eigenvalue weighted by atomic mass is 9.85. The minimum atomic E-state index is -0.521. The molecule has 0 saturated heterocycles. The molecule has 3 aromatic carbocycles. The Labute approximate surface area is 249 Å². The molecule has 8 heteroatoms. The molecule has 5 rings (SSSR count). The molecule has 2 aliphatic rings. The van der Waals surface area contributed by atoms with Gasteiger partial charge in [0.1, 0.15) is 23.4 Å². The highest BCUT2D eigenvalue weighted by Crippen LogP contribution is 2.44. The predicted octanol–water partition coefficient (Wildman–Crippen LogP) is 8.29. The average Bonchev–Trinajstić information content (AvgIpc) is 3.37. The molecule has 0 bridgehead atoms. The summed E-state index contributed by atoms with van der Waals surface area (Å²) >= 11 is 7.58. The first-order valence-electron chi connectivity index (χ1n) is 13.3.